The van der Waals surface area contributed by atoms with Crippen LogP contribution < -0.4 is 4.90 Å². The number of pyridine rings is 1. The zero-order valence-corrected chi connectivity index (χ0v) is 11.2. The molecular weight excluding hydrogens is 242 g/mol. The lowest BCUT2D eigenvalue weighted by Gasteiger charge is -2.30. The maximum Gasteiger partial charge on any atom is 0.333 e. The predicted molar refractivity (Wildman–Crippen MR) is 70.7 cm³/mol. The molecule has 2 fully saturated rings. The zero-order chi connectivity index (χ0) is 13.6. The zero-order valence-electron chi connectivity index (χ0n) is 11.2. The van der Waals surface area contributed by atoms with Crippen molar-refractivity contribution in [3.05, 3.63) is 23.9 Å². The minimum Gasteiger partial charge on any atom is -0.312 e. The molecule has 2 saturated heterocycles. The van der Waals surface area contributed by atoms with E-state index < -0.39 is 0 Å². The van der Waals surface area contributed by atoms with E-state index in [2.05, 4.69) is 11.9 Å². The number of aryl methyl sites for hydroxylation is 1. The van der Waals surface area contributed by atoms with Gasteiger partial charge in [0.2, 0.25) is 0 Å². The molecule has 0 N–H and O–H groups in total. The van der Waals surface area contributed by atoms with Crippen molar-refractivity contribution in [3.8, 4) is 0 Å². The molecule has 3 rings (SSSR count). The van der Waals surface area contributed by atoms with E-state index in [0.717, 1.165) is 18.5 Å². The Morgan fingerprint density at radius 3 is 2.84 bits per heavy atom. The van der Waals surface area contributed by atoms with Gasteiger partial charge in [-0.15, -0.1) is 0 Å². The maximum atomic E-state index is 12.4. The summed E-state index contributed by atoms with van der Waals surface area (Å²) < 4.78 is 0. The molecule has 1 aromatic heterocycles. The molecule has 2 aliphatic rings. The Balaban J connectivity index is 1.95. The second kappa shape index (κ2) is 4.33. The molecule has 2 aliphatic heterocycles. The molecule has 0 aliphatic carbocycles. The van der Waals surface area contributed by atoms with E-state index in [9.17, 15) is 9.59 Å². The number of rotatable bonds is 1. The smallest absolute Gasteiger partial charge is 0.312 e. The molecule has 0 aromatic carbocycles. The topological polar surface area (TPSA) is 53.5 Å². The van der Waals surface area contributed by atoms with Crippen LogP contribution in [0.4, 0.5) is 10.6 Å². The van der Waals surface area contributed by atoms with Gasteiger partial charge in [-0.05, 0) is 37.8 Å². The Labute approximate surface area is 112 Å². The van der Waals surface area contributed by atoms with Gasteiger partial charge in [0.15, 0.2) is 0 Å². The van der Waals surface area contributed by atoms with E-state index in [4.69, 9.17) is 0 Å². The Morgan fingerprint density at radius 2 is 2.11 bits per heavy atom. The standard InChI is InChI=1S/C14H17N3O2/c1-9-6-7-16-11(8-9)13(18)17(14(16)19)12-5-3-4-10(2)15-12/h3-5,9,11H,6-8H2,1-2H3/t9-,11-/m0/s1. The fourth-order valence-corrected chi connectivity index (χ4v) is 2.84. The van der Waals surface area contributed by atoms with E-state index in [1.165, 1.54) is 4.90 Å². The third kappa shape index (κ3) is 1.89. The highest BCUT2D eigenvalue weighted by Gasteiger charge is 2.48. The summed E-state index contributed by atoms with van der Waals surface area (Å²) in [4.78, 5) is 32.0. The first-order chi connectivity index (χ1) is 9.08. The van der Waals surface area contributed by atoms with Gasteiger partial charge in [0, 0.05) is 12.2 Å². The predicted octanol–water partition coefficient (Wildman–Crippen LogP) is 1.96. The molecule has 0 bridgehead atoms. The third-order valence-corrected chi connectivity index (χ3v) is 3.91. The Kier molecular flexibility index (Phi) is 2.77. The van der Waals surface area contributed by atoms with Gasteiger partial charge >= 0.3 is 6.03 Å². The molecule has 1 aromatic rings. The molecule has 5 heteroatoms. The summed E-state index contributed by atoms with van der Waals surface area (Å²) >= 11 is 0. The molecule has 19 heavy (non-hydrogen) atoms. The van der Waals surface area contributed by atoms with Crippen LogP contribution in [-0.4, -0.2) is 34.4 Å². The fraction of sp³-hybridized carbons (Fsp3) is 0.500. The van der Waals surface area contributed by atoms with Crippen molar-refractivity contribution in [1.82, 2.24) is 9.88 Å². The summed E-state index contributed by atoms with van der Waals surface area (Å²) in [5.41, 5.74) is 0.802. The first-order valence-corrected chi connectivity index (χ1v) is 6.66. The van der Waals surface area contributed by atoms with Gasteiger partial charge in [0.25, 0.3) is 5.91 Å². The van der Waals surface area contributed by atoms with E-state index in [-0.39, 0.29) is 18.0 Å². The lowest BCUT2D eigenvalue weighted by Crippen LogP contribution is -2.41. The van der Waals surface area contributed by atoms with Crippen LogP contribution in [0.2, 0.25) is 0 Å². The molecule has 3 heterocycles. The molecule has 0 spiro atoms. The average Bonchev–Trinajstić information content (AvgIpc) is 2.61. The highest BCUT2D eigenvalue weighted by atomic mass is 16.2. The second-order valence-corrected chi connectivity index (χ2v) is 5.43. The summed E-state index contributed by atoms with van der Waals surface area (Å²) in [6.07, 6.45) is 1.72. The first-order valence-electron chi connectivity index (χ1n) is 6.66. The lowest BCUT2D eigenvalue weighted by molar-refractivity contribution is -0.120. The van der Waals surface area contributed by atoms with Crippen LogP contribution in [0.1, 0.15) is 25.5 Å². The molecule has 5 nitrogen and oxygen atoms in total. The third-order valence-electron chi connectivity index (χ3n) is 3.91. The number of carbonyl (C=O) groups excluding carboxylic acids is 2. The molecule has 0 saturated carbocycles. The summed E-state index contributed by atoms with van der Waals surface area (Å²) in [5.74, 6) is 0.801. The number of imide groups is 1. The fourth-order valence-electron chi connectivity index (χ4n) is 2.84. The van der Waals surface area contributed by atoms with Gasteiger partial charge in [0.05, 0.1) is 0 Å². The highest BCUT2D eigenvalue weighted by molar-refractivity contribution is 6.20. The van der Waals surface area contributed by atoms with Crippen molar-refractivity contribution in [1.29, 1.82) is 0 Å². The van der Waals surface area contributed by atoms with Crippen molar-refractivity contribution >= 4 is 17.8 Å². The number of urea groups is 1. The van der Waals surface area contributed by atoms with Crippen LogP contribution in [0.25, 0.3) is 0 Å². The molecule has 2 atom stereocenters. The van der Waals surface area contributed by atoms with E-state index >= 15 is 0 Å². The van der Waals surface area contributed by atoms with Crippen molar-refractivity contribution in [2.75, 3.05) is 11.4 Å². The first kappa shape index (κ1) is 12.1. The molecule has 100 valence electrons. The number of carbonyl (C=O) groups is 2. The summed E-state index contributed by atoms with van der Waals surface area (Å²) in [6.45, 7) is 4.64. The number of fused-ring (bicyclic) bond motifs is 1. The normalized spacial score (nSPS) is 26.8. The van der Waals surface area contributed by atoms with Gasteiger partial charge in [0.1, 0.15) is 11.9 Å². The monoisotopic (exact) mass is 259 g/mol. The summed E-state index contributed by atoms with van der Waals surface area (Å²) in [5, 5.41) is 0. The number of anilines is 1. The van der Waals surface area contributed by atoms with Crippen LogP contribution in [0, 0.1) is 12.8 Å². The van der Waals surface area contributed by atoms with Crippen LogP contribution in [0.5, 0.6) is 0 Å². The number of aromatic nitrogens is 1. The van der Waals surface area contributed by atoms with Crippen molar-refractivity contribution in [3.63, 3.8) is 0 Å². The average molecular weight is 259 g/mol. The van der Waals surface area contributed by atoms with Crippen molar-refractivity contribution < 1.29 is 9.59 Å². The highest BCUT2D eigenvalue weighted by Crippen LogP contribution is 2.32. The van der Waals surface area contributed by atoms with Crippen LogP contribution >= 0.6 is 0 Å². The van der Waals surface area contributed by atoms with Gasteiger partial charge in [-0.1, -0.05) is 13.0 Å². The minimum absolute atomic E-state index is 0.130. The van der Waals surface area contributed by atoms with Gasteiger partial charge in [-0.2, -0.15) is 0 Å². The minimum atomic E-state index is -0.293. The van der Waals surface area contributed by atoms with Gasteiger partial charge < -0.3 is 4.90 Å². The number of hydrogen-bond donors (Lipinski definition) is 0. The van der Waals surface area contributed by atoms with Crippen molar-refractivity contribution in [2.24, 2.45) is 5.92 Å². The van der Waals surface area contributed by atoms with Crippen LogP contribution in [0.15, 0.2) is 18.2 Å². The second-order valence-electron chi connectivity index (χ2n) is 5.43. The lowest BCUT2D eigenvalue weighted by atomic mass is 9.93. The van der Waals surface area contributed by atoms with Gasteiger partial charge in [-0.3, -0.25) is 4.79 Å². The molecule has 0 unspecified atom stereocenters. The number of hydrogen-bond acceptors (Lipinski definition) is 3. The Morgan fingerprint density at radius 1 is 1.32 bits per heavy atom. The van der Waals surface area contributed by atoms with Crippen LogP contribution in [-0.2, 0) is 4.79 Å². The maximum absolute atomic E-state index is 12.4. The van der Waals surface area contributed by atoms with Gasteiger partial charge in [-0.25, -0.2) is 14.7 Å². The number of amides is 3. The Hall–Kier alpha value is -1.91. The molecule has 0 radical (unpaired) electrons. The van der Waals surface area contributed by atoms with E-state index in [1.807, 2.05) is 19.1 Å². The number of piperidine rings is 1. The van der Waals surface area contributed by atoms with E-state index in [0.29, 0.717) is 18.3 Å². The Bertz CT molecular complexity index is 543. The van der Waals surface area contributed by atoms with E-state index in [1.54, 1.807) is 11.0 Å². The van der Waals surface area contributed by atoms with Crippen molar-refractivity contribution in [2.45, 2.75) is 32.7 Å². The quantitative estimate of drug-likeness (QED) is 0.724. The summed E-state index contributed by atoms with van der Waals surface area (Å²) in [6, 6.07) is 4.87. The summed E-state index contributed by atoms with van der Waals surface area (Å²) in [7, 11) is 0. The number of nitrogens with zero attached hydrogens (tertiary/aromatic N) is 3. The molecule has 3 amide bonds. The molecular formula is C14H17N3O2. The SMILES string of the molecule is Cc1cccc(N2C(=O)[C@@H]3C[C@@H](C)CCN3C2=O)n1. The largest absolute Gasteiger partial charge is 0.333 e. The van der Waals surface area contributed by atoms with Crippen LogP contribution in [0.3, 0.4) is 0 Å².